The van der Waals surface area contributed by atoms with Crippen LogP contribution < -0.4 is 4.90 Å². The molecule has 0 radical (unpaired) electrons. The maximum Gasteiger partial charge on any atom is 0.0543 e. The van der Waals surface area contributed by atoms with Gasteiger partial charge in [-0.25, -0.2) is 0 Å². The lowest BCUT2D eigenvalue weighted by atomic mass is 9.82. The molecule has 0 unspecified atom stereocenters. The van der Waals surface area contributed by atoms with Gasteiger partial charge < -0.3 is 9.47 Å². The second kappa shape index (κ2) is 17.4. The molecule has 2 nitrogen and oxygen atoms in total. The minimum absolute atomic E-state index is 0.148. The summed E-state index contributed by atoms with van der Waals surface area (Å²) in [6.07, 6.45) is 6.75. The van der Waals surface area contributed by atoms with Crippen molar-refractivity contribution in [1.82, 2.24) is 4.57 Å². The molecule has 10 aromatic carbocycles. The highest BCUT2D eigenvalue weighted by Crippen LogP contribution is 2.51. The molecule has 0 amide bonds. The minimum atomic E-state index is -0.148. The normalized spacial score (nSPS) is 13.2. The molecule has 0 atom stereocenters. The van der Waals surface area contributed by atoms with E-state index in [1.54, 1.807) is 0 Å². The quantitative estimate of drug-likeness (QED) is 0.140. The van der Waals surface area contributed by atoms with Gasteiger partial charge >= 0.3 is 0 Å². The highest BCUT2D eigenvalue weighted by Gasteiger charge is 2.36. The summed E-state index contributed by atoms with van der Waals surface area (Å²) >= 11 is 0. The Hall–Kier alpha value is -8.72. The number of aryl methyl sites for hydroxylation is 1. The maximum absolute atomic E-state index is 2.47. The Morgan fingerprint density at radius 3 is 1.58 bits per heavy atom. The summed E-state index contributed by atoms with van der Waals surface area (Å²) in [5, 5.41) is 1.33. The molecule has 0 aliphatic heterocycles. The van der Waals surface area contributed by atoms with Crippen molar-refractivity contribution in [3.63, 3.8) is 0 Å². The van der Waals surface area contributed by atoms with Crippen LogP contribution in [0.25, 0.3) is 89.4 Å². The van der Waals surface area contributed by atoms with Gasteiger partial charge in [0.15, 0.2) is 0 Å². The molecule has 0 N–H and O–H groups in total. The van der Waals surface area contributed by atoms with E-state index in [-0.39, 0.29) is 5.41 Å². The topological polar surface area (TPSA) is 8.17 Å². The molecular weight excluding hydrogens is 857 g/mol. The first-order valence-corrected chi connectivity index (χ1v) is 25.0. The van der Waals surface area contributed by atoms with Crippen LogP contribution in [0.3, 0.4) is 0 Å². The number of benzene rings is 10. The van der Waals surface area contributed by atoms with Crippen LogP contribution in [-0.4, -0.2) is 4.57 Å². The molecule has 0 fully saturated rings. The highest BCUT2D eigenvalue weighted by molar-refractivity contribution is 5.95. The van der Waals surface area contributed by atoms with Crippen LogP contribution in [0, 0.1) is 0 Å². The van der Waals surface area contributed by atoms with Crippen molar-refractivity contribution in [2.45, 2.75) is 32.1 Å². The van der Waals surface area contributed by atoms with Gasteiger partial charge in [-0.15, -0.1) is 0 Å². The van der Waals surface area contributed by atoms with Gasteiger partial charge in [-0.1, -0.05) is 196 Å². The molecule has 11 aromatic rings. The lowest BCUT2D eigenvalue weighted by molar-refractivity contribution is 0.660. The number of rotatable bonds is 9. The first kappa shape index (κ1) is 42.4. The lowest BCUT2D eigenvalue weighted by Gasteiger charge is -2.29. The zero-order valence-corrected chi connectivity index (χ0v) is 40.1. The van der Waals surface area contributed by atoms with E-state index in [1.807, 2.05) is 0 Å². The molecule has 2 aliphatic rings. The van der Waals surface area contributed by atoms with Gasteiger partial charge in [0.05, 0.1) is 5.52 Å². The number of nitrogens with zero attached hydrogens (tertiary/aromatic N) is 2. The van der Waals surface area contributed by atoms with Crippen molar-refractivity contribution in [1.29, 1.82) is 0 Å². The Morgan fingerprint density at radius 1 is 0.380 bits per heavy atom. The SMILES string of the molecule is CC1(C)c2ccccc2-c2ccc(N(c3cccc(-c4cccc(-c5ccc6c7c(n(-c8ccc(-c9ccccc9)cc8)c6c5)C=CCC7)c4)c3)c3cc(-c4ccccc4)cc(-c4ccccc4)c3)cc21. The summed E-state index contributed by atoms with van der Waals surface area (Å²) < 4.78 is 2.47. The van der Waals surface area contributed by atoms with Crippen LogP contribution in [0.1, 0.15) is 42.7 Å². The average Bonchev–Trinajstić information content (AvgIpc) is 3.89. The van der Waals surface area contributed by atoms with E-state index in [1.165, 1.54) is 100 Å². The fraction of sp³-hybridized carbons (Fsp3) is 0.0725. The van der Waals surface area contributed by atoms with Crippen molar-refractivity contribution >= 4 is 34.0 Å². The summed E-state index contributed by atoms with van der Waals surface area (Å²) in [7, 11) is 0. The van der Waals surface area contributed by atoms with Gasteiger partial charge in [0.2, 0.25) is 0 Å². The van der Waals surface area contributed by atoms with Gasteiger partial charge in [-0.2, -0.15) is 0 Å². The van der Waals surface area contributed by atoms with Crippen molar-refractivity contribution in [3.8, 4) is 72.4 Å². The highest BCUT2D eigenvalue weighted by atomic mass is 15.1. The van der Waals surface area contributed by atoms with E-state index in [0.29, 0.717) is 0 Å². The zero-order chi connectivity index (χ0) is 47.5. The Morgan fingerprint density at radius 2 is 0.887 bits per heavy atom. The van der Waals surface area contributed by atoms with Crippen LogP contribution in [0.5, 0.6) is 0 Å². The summed E-state index contributed by atoms with van der Waals surface area (Å²) in [5.74, 6) is 0. The number of allylic oxidation sites excluding steroid dienone is 1. The zero-order valence-electron chi connectivity index (χ0n) is 40.1. The third-order valence-corrected chi connectivity index (χ3v) is 15.0. The average molecular weight is 909 g/mol. The predicted octanol–water partition coefficient (Wildman–Crippen LogP) is 18.7. The van der Waals surface area contributed by atoms with Crippen LogP contribution in [-0.2, 0) is 11.8 Å². The number of anilines is 3. The van der Waals surface area contributed by atoms with Gasteiger partial charge in [-0.05, 0) is 169 Å². The first-order valence-electron chi connectivity index (χ1n) is 25.0. The second-order valence-electron chi connectivity index (χ2n) is 19.7. The van der Waals surface area contributed by atoms with Crippen LogP contribution >= 0.6 is 0 Å². The number of hydrogen-bond acceptors (Lipinski definition) is 1. The summed E-state index contributed by atoms with van der Waals surface area (Å²) in [4.78, 5) is 2.47. The smallest absolute Gasteiger partial charge is 0.0543 e. The van der Waals surface area contributed by atoms with Gasteiger partial charge in [-0.3, -0.25) is 0 Å². The third-order valence-electron chi connectivity index (χ3n) is 15.0. The molecule has 0 saturated carbocycles. The van der Waals surface area contributed by atoms with E-state index >= 15 is 0 Å². The number of hydrogen-bond donors (Lipinski definition) is 0. The first-order chi connectivity index (χ1) is 34.9. The summed E-state index contributed by atoms with van der Waals surface area (Å²) in [6.45, 7) is 4.74. The minimum Gasteiger partial charge on any atom is -0.310 e. The van der Waals surface area contributed by atoms with Gasteiger partial charge in [0, 0.05) is 39.2 Å². The van der Waals surface area contributed by atoms with E-state index in [9.17, 15) is 0 Å². The van der Waals surface area contributed by atoms with Crippen molar-refractivity contribution in [2.24, 2.45) is 0 Å². The summed E-state index contributed by atoms with van der Waals surface area (Å²) in [5.41, 5.74) is 25.6. The van der Waals surface area contributed by atoms with Crippen molar-refractivity contribution in [2.75, 3.05) is 4.90 Å². The number of fused-ring (bicyclic) bond motifs is 6. The lowest BCUT2D eigenvalue weighted by Crippen LogP contribution is -2.16. The molecule has 0 bridgehead atoms. The van der Waals surface area contributed by atoms with Crippen molar-refractivity contribution in [3.05, 3.63) is 271 Å². The Bertz CT molecular complexity index is 3760. The molecule has 0 saturated heterocycles. The van der Waals surface area contributed by atoms with E-state index in [2.05, 4.69) is 278 Å². The van der Waals surface area contributed by atoms with E-state index in [0.717, 1.165) is 35.5 Å². The van der Waals surface area contributed by atoms with Gasteiger partial charge in [0.1, 0.15) is 0 Å². The fourth-order valence-corrected chi connectivity index (χ4v) is 11.4. The van der Waals surface area contributed by atoms with Crippen LogP contribution in [0.2, 0.25) is 0 Å². The fourth-order valence-electron chi connectivity index (χ4n) is 11.4. The van der Waals surface area contributed by atoms with Crippen molar-refractivity contribution < 1.29 is 0 Å². The monoisotopic (exact) mass is 908 g/mol. The third kappa shape index (κ3) is 7.51. The molecule has 71 heavy (non-hydrogen) atoms. The van der Waals surface area contributed by atoms with Crippen LogP contribution in [0.4, 0.5) is 17.1 Å². The van der Waals surface area contributed by atoms with Gasteiger partial charge in [0.25, 0.3) is 0 Å². The molecule has 338 valence electrons. The standard InChI is InChI=1S/C69H52N2/c1-69(2)65-30-14-12-28-61(65)62-39-37-59(46-66(62)69)70(60-43-55(48-20-8-4-9-21-48)41-56(44-60)49-22-10-5-11-23-49)58-27-17-26-53(42-58)51-24-16-25-52(40-51)54-34-38-64-63-29-13-15-31-67(63)71(68(64)45-54)57-35-32-50(33-36-57)47-18-6-3-7-19-47/h3-12,14-28,30-46H,13,29H2,1-2H3. The Kier molecular flexibility index (Phi) is 10.4. The summed E-state index contributed by atoms with van der Waals surface area (Å²) in [6, 6.07) is 89.6. The second-order valence-corrected chi connectivity index (χ2v) is 19.7. The molecule has 13 rings (SSSR count). The molecular formula is C69H52N2. The maximum atomic E-state index is 2.47. The molecule has 2 aliphatic carbocycles. The largest absolute Gasteiger partial charge is 0.310 e. The Labute approximate surface area is 417 Å². The van der Waals surface area contributed by atoms with E-state index < -0.39 is 0 Å². The van der Waals surface area contributed by atoms with E-state index in [4.69, 9.17) is 0 Å². The predicted molar refractivity (Wildman–Crippen MR) is 300 cm³/mol. The Balaban J connectivity index is 0.930. The molecule has 1 aromatic heterocycles. The number of aromatic nitrogens is 1. The molecule has 0 spiro atoms. The molecule has 2 heteroatoms. The van der Waals surface area contributed by atoms with Crippen LogP contribution in [0.15, 0.2) is 249 Å². The molecule has 1 heterocycles.